The van der Waals surface area contributed by atoms with Crippen LogP contribution in [0.1, 0.15) is 37.4 Å². The molecule has 7 heteroatoms. The van der Waals surface area contributed by atoms with Crippen molar-refractivity contribution in [2.24, 2.45) is 0 Å². The van der Waals surface area contributed by atoms with Gasteiger partial charge in [-0.3, -0.25) is 4.79 Å². The maximum absolute atomic E-state index is 12.7. The Kier molecular flexibility index (Phi) is 5.76. The number of hydrogen-bond acceptors (Lipinski definition) is 4. The highest BCUT2D eigenvalue weighted by Crippen LogP contribution is 2.39. The average Bonchev–Trinajstić information content (AvgIpc) is 2.60. The second-order valence-corrected chi connectivity index (χ2v) is 9.72. The smallest absolute Gasteiger partial charge is 0.235 e. The quantitative estimate of drug-likeness (QED) is 0.806. The van der Waals surface area contributed by atoms with Crippen molar-refractivity contribution in [2.45, 2.75) is 38.5 Å². The van der Waals surface area contributed by atoms with Crippen molar-refractivity contribution in [1.29, 1.82) is 0 Å². The number of carbonyl (C=O) groups excluding carboxylic acids is 1. The van der Waals surface area contributed by atoms with Crippen molar-refractivity contribution in [3.05, 3.63) is 65.7 Å². The monoisotopic (exact) mass is 402 g/mol. The van der Waals surface area contributed by atoms with Crippen LogP contribution in [0.15, 0.2) is 54.6 Å². The first-order valence-electron chi connectivity index (χ1n) is 9.20. The molecule has 0 bridgehead atoms. The summed E-state index contributed by atoms with van der Waals surface area (Å²) in [4.78, 5) is 12.7. The molecule has 3 rings (SSSR count). The lowest BCUT2D eigenvalue weighted by Gasteiger charge is -2.38. The summed E-state index contributed by atoms with van der Waals surface area (Å²) in [7, 11) is -3.53. The summed E-state index contributed by atoms with van der Waals surface area (Å²) in [6.45, 7) is 3.87. The lowest BCUT2D eigenvalue weighted by atomic mass is 9.89. The first-order chi connectivity index (χ1) is 13.1. The normalized spacial score (nSPS) is 18.2. The van der Waals surface area contributed by atoms with E-state index in [0.29, 0.717) is 6.42 Å². The van der Waals surface area contributed by atoms with Gasteiger partial charge in [0.25, 0.3) is 0 Å². The minimum Gasteiger partial charge on any atom is -0.487 e. The van der Waals surface area contributed by atoms with E-state index < -0.39 is 15.6 Å². The minimum atomic E-state index is -3.53. The van der Waals surface area contributed by atoms with Gasteiger partial charge in [0.1, 0.15) is 11.4 Å². The molecular weight excluding hydrogens is 376 g/mol. The summed E-state index contributed by atoms with van der Waals surface area (Å²) in [6, 6.07) is 16.6. The van der Waals surface area contributed by atoms with Gasteiger partial charge >= 0.3 is 0 Å². The van der Waals surface area contributed by atoms with Gasteiger partial charge in [-0.15, -0.1) is 0 Å². The van der Waals surface area contributed by atoms with Gasteiger partial charge in [-0.1, -0.05) is 48.5 Å². The number of nitrogens with zero attached hydrogens (tertiary/aromatic N) is 1. The van der Waals surface area contributed by atoms with E-state index in [1.54, 1.807) is 0 Å². The second kappa shape index (κ2) is 7.93. The zero-order valence-corrected chi connectivity index (χ0v) is 17.2. The molecule has 0 radical (unpaired) electrons. The van der Waals surface area contributed by atoms with E-state index >= 15 is 0 Å². The number of benzene rings is 2. The Balaban J connectivity index is 1.74. The van der Waals surface area contributed by atoms with Crippen LogP contribution < -0.4 is 10.1 Å². The van der Waals surface area contributed by atoms with Crippen LogP contribution in [0, 0.1) is 0 Å². The summed E-state index contributed by atoms with van der Waals surface area (Å²) in [5, 5.41) is 2.99. The van der Waals surface area contributed by atoms with Crippen LogP contribution in [-0.4, -0.2) is 37.0 Å². The van der Waals surface area contributed by atoms with E-state index in [0.717, 1.165) is 23.1 Å². The van der Waals surface area contributed by atoms with E-state index in [4.69, 9.17) is 4.74 Å². The molecule has 1 atom stereocenters. The molecule has 0 aromatic heterocycles. The van der Waals surface area contributed by atoms with Crippen molar-refractivity contribution >= 4 is 15.9 Å². The van der Waals surface area contributed by atoms with Gasteiger partial charge in [-0.2, -0.15) is 4.31 Å². The van der Waals surface area contributed by atoms with Crippen molar-refractivity contribution in [3.8, 4) is 5.75 Å². The molecule has 150 valence electrons. The fraction of sp³-hybridized carbons (Fsp3) is 0.381. The average molecular weight is 403 g/mol. The number of carbonyl (C=O) groups is 1. The summed E-state index contributed by atoms with van der Waals surface area (Å²) in [5.74, 6) is 0.409. The molecule has 28 heavy (non-hydrogen) atoms. The highest BCUT2D eigenvalue weighted by atomic mass is 32.2. The van der Waals surface area contributed by atoms with Crippen LogP contribution in [0.4, 0.5) is 0 Å². The molecule has 1 amide bonds. The lowest BCUT2D eigenvalue weighted by molar-refractivity contribution is -0.122. The number of para-hydroxylation sites is 1. The Bertz CT molecular complexity index is 942. The van der Waals surface area contributed by atoms with Gasteiger partial charge in [-0.25, -0.2) is 8.42 Å². The standard InChI is InChI=1S/C21H26N2O4S/c1-21(2)13-18(17-11-7-8-12-19(17)27-21)22-20(24)15-23(28(3,25)26)14-16-9-5-4-6-10-16/h4-12,18H,13-15H2,1-3H3,(H,22,24)/t18-/m0/s1. The number of sulfonamides is 1. The van der Waals surface area contributed by atoms with E-state index in [9.17, 15) is 13.2 Å². The van der Waals surface area contributed by atoms with E-state index in [2.05, 4.69) is 5.32 Å². The Hall–Kier alpha value is -2.38. The first-order valence-corrected chi connectivity index (χ1v) is 11.1. The predicted molar refractivity (Wildman–Crippen MR) is 108 cm³/mol. The number of ether oxygens (including phenoxy) is 1. The highest BCUT2D eigenvalue weighted by Gasteiger charge is 2.34. The lowest BCUT2D eigenvalue weighted by Crippen LogP contribution is -2.45. The Morgan fingerprint density at radius 2 is 1.79 bits per heavy atom. The predicted octanol–water partition coefficient (Wildman–Crippen LogP) is 2.87. The van der Waals surface area contributed by atoms with Crippen LogP contribution >= 0.6 is 0 Å². The number of fused-ring (bicyclic) bond motifs is 1. The molecule has 1 aliphatic heterocycles. The largest absolute Gasteiger partial charge is 0.487 e. The molecule has 2 aromatic carbocycles. The second-order valence-electron chi connectivity index (χ2n) is 7.74. The molecule has 0 saturated heterocycles. The van der Waals surface area contributed by atoms with Crippen LogP contribution in [-0.2, 0) is 21.4 Å². The van der Waals surface area contributed by atoms with Crippen molar-refractivity contribution in [1.82, 2.24) is 9.62 Å². The zero-order valence-electron chi connectivity index (χ0n) is 16.4. The van der Waals surface area contributed by atoms with Gasteiger partial charge in [0.2, 0.25) is 15.9 Å². The summed E-state index contributed by atoms with van der Waals surface area (Å²) in [6.07, 6.45) is 1.73. The Labute approximate surface area is 166 Å². The fourth-order valence-corrected chi connectivity index (χ4v) is 4.14. The summed E-state index contributed by atoms with van der Waals surface area (Å²) >= 11 is 0. The molecule has 0 saturated carbocycles. The van der Waals surface area contributed by atoms with Crippen LogP contribution in [0.25, 0.3) is 0 Å². The van der Waals surface area contributed by atoms with Crippen LogP contribution in [0.2, 0.25) is 0 Å². The third kappa shape index (κ3) is 5.11. The van der Waals surface area contributed by atoms with Crippen molar-refractivity contribution in [3.63, 3.8) is 0 Å². The highest BCUT2D eigenvalue weighted by molar-refractivity contribution is 7.88. The molecular formula is C21H26N2O4S. The molecule has 1 N–H and O–H groups in total. The summed E-state index contributed by atoms with van der Waals surface area (Å²) < 4.78 is 31.6. The maximum atomic E-state index is 12.7. The SMILES string of the molecule is CC1(C)C[C@H](NC(=O)CN(Cc2ccccc2)S(C)(=O)=O)c2ccccc2O1. The van der Waals surface area contributed by atoms with Gasteiger partial charge in [0.15, 0.2) is 0 Å². The number of nitrogens with one attached hydrogen (secondary N) is 1. The topological polar surface area (TPSA) is 75.7 Å². The minimum absolute atomic E-state index is 0.156. The van der Waals surface area contributed by atoms with Gasteiger partial charge < -0.3 is 10.1 Å². The molecule has 0 fully saturated rings. The molecule has 2 aromatic rings. The van der Waals surface area contributed by atoms with Gasteiger partial charge in [0, 0.05) is 18.5 Å². The first kappa shape index (κ1) is 20.4. The number of amides is 1. The maximum Gasteiger partial charge on any atom is 0.235 e. The van der Waals surface area contributed by atoms with Crippen LogP contribution in [0.3, 0.4) is 0 Å². The number of hydrogen-bond donors (Lipinski definition) is 1. The Morgan fingerprint density at radius 1 is 1.14 bits per heavy atom. The molecule has 0 unspecified atom stereocenters. The molecule has 1 heterocycles. The molecule has 0 aliphatic carbocycles. The van der Waals surface area contributed by atoms with Crippen molar-refractivity contribution < 1.29 is 17.9 Å². The number of rotatable bonds is 6. The van der Waals surface area contributed by atoms with Crippen molar-refractivity contribution in [2.75, 3.05) is 12.8 Å². The van der Waals surface area contributed by atoms with Gasteiger partial charge in [-0.05, 0) is 25.5 Å². The van der Waals surface area contributed by atoms with Crippen LogP contribution in [0.5, 0.6) is 5.75 Å². The van der Waals surface area contributed by atoms with E-state index in [-0.39, 0.29) is 25.0 Å². The van der Waals surface area contributed by atoms with E-state index in [1.807, 2.05) is 68.4 Å². The van der Waals surface area contributed by atoms with E-state index in [1.165, 1.54) is 4.31 Å². The third-order valence-corrected chi connectivity index (χ3v) is 5.90. The Morgan fingerprint density at radius 3 is 2.46 bits per heavy atom. The fourth-order valence-electron chi connectivity index (χ4n) is 3.41. The molecule has 1 aliphatic rings. The third-order valence-electron chi connectivity index (χ3n) is 4.70. The molecule has 0 spiro atoms. The zero-order chi connectivity index (χ0) is 20.4. The summed E-state index contributed by atoms with van der Waals surface area (Å²) in [5.41, 5.74) is 1.31. The molecule has 6 nitrogen and oxygen atoms in total. The van der Waals surface area contributed by atoms with Gasteiger partial charge in [0.05, 0.1) is 18.8 Å².